The Labute approximate surface area is 163 Å². The first kappa shape index (κ1) is 18.3. The molecule has 0 radical (unpaired) electrons. The van der Waals surface area contributed by atoms with E-state index >= 15 is 0 Å². The van der Waals surface area contributed by atoms with Crippen LogP contribution in [0.3, 0.4) is 0 Å². The number of rotatable bonds is 4. The van der Waals surface area contributed by atoms with Crippen molar-refractivity contribution in [2.45, 2.75) is 33.6 Å². The maximum atomic E-state index is 12.7. The van der Waals surface area contributed by atoms with E-state index in [0.29, 0.717) is 18.0 Å². The lowest BCUT2D eigenvalue weighted by Crippen LogP contribution is -2.29. The van der Waals surface area contributed by atoms with Gasteiger partial charge >= 0.3 is 0 Å². The molecule has 4 rings (SSSR count). The summed E-state index contributed by atoms with van der Waals surface area (Å²) >= 11 is 0. The van der Waals surface area contributed by atoms with Gasteiger partial charge in [-0.15, -0.1) is 0 Å². The van der Waals surface area contributed by atoms with Gasteiger partial charge in [-0.05, 0) is 51.7 Å². The van der Waals surface area contributed by atoms with Gasteiger partial charge in [0.2, 0.25) is 0 Å². The number of aryl methyl sites for hydroxylation is 3. The highest BCUT2D eigenvalue weighted by Crippen LogP contribution is 2.30. The SMILES string of the molecule is Cc1ccc(C(=O)N2CCC(Cc3nccnc3-c3c(C)noc3C)C2)cn1. The van der Waals surface area contributed by atoms with Crippen molar-refractivity contribution in [3.05, 3.63) is 59.1 Å². The van der Waals surface area contributed by atoms with Crippen LogP contribution in [0, 0.1) is 26.7 Å². The first-order chi connectivity index (χ1) is 13.5. The molecule has 1 aliphatic heterocycles. The Bertz CT molecular complexity index is 977. The van der Waals surface area contributed by atoms with Gasteiger partial charge in [0.15, 0.2) is 0 Å². The van der Waals surface area contributed by atoms with Gasteiger partial charge in [-0.3, -0.25) is 19.7 Å². The average Bonchev–Trinajstić information content (AvgIpc) is 3.29. The van der Waals surface area contributed by atoms with Crippen molar-refractivity contribution in [3.63, 3.8) is 0 Å². The third-order valence-electron chi connectivity index (χ3n) is 5.26. The van der Waals surface area contributed by atoms with E-state index in [1.54, 1.807) is 18.6 Å². The molecule has 4 heterocycles. The highest BCUT2D eigenvalue weighted by molar-refractivity contribution is 5.94. The molecule has 1 unspecified atom stereocenters. The van der Waals surface area contributed by atoms with Crippen LogP contribution in [-0.4, -0.2) is 44.0 Å². The van der Waals surface area contributed by atoms with Gasteiger partial charge in [0, 0.05) is 37.4 Å². The number of amides is 1. The van der Waals surface area contributed by atoms with E-state index in [2.05, 4.69) is 20.1 Å². The van der Waals surface area contributed by atoms with Crippen molar-refractivity contribution >= 4 is 5.91 Å². The second-order valence-corrected chi connectivity index (χ2v) is 7.35. The standard InChI is InChI=1S/C21H23N5O2/c1-13-4-5-17(11-24-13)21(27)26-9-6-16(12-26)10-18-20(23-8-7-22-18)19-14(2)25-28-15(19)3/h4-5,7-8,11,16H,6,9-10,12H2,1-3H3. The normalized spacial score (nSPS) is 16.5. The van der Waals surface area contributed by atoms with Crippen LogP contribution in [-0.2, 0) is 6.42 Å². The number of hydrogen-bond acceptors (Lipinski definition) is 6. The molecule has 1 amide bonds. The summed E-state index contributed by atoms with van der Waals surface area (Å²) in [5.74, 6) is 1.13. The van der Waals surface area contributed by atoms with Crippen molar-refractivity contribution in [1.82, 2.24) is 25.0 Å². The zero-order chi connectivity index (χ0) is 19.7. The van der Waals surface area contributed by atoms with Gasteiger partial charge in [0.1, 0.15) is 5.76 Å². The molecule has 1 fully saturated rings. The molecule has 144 valence electrons. The first-order valence-electron chi connectivity index (χ1n) is 9.48. The Kier molecular flexibility index (Phi) is 4.90. The summed E-state index contributed by atoms with van der Waals surface area (Å²) in [6.45, 7) is 7.18. The van der Waals surface area contributed by atoms with Crippen molar-refractivity contribution < 1.29 is 9.32 Å². The Morgan fingerprint density at radius 1 is 1.18 bits per heavy atom. The van der Waals surface area contributed by atoms with Gasteiger partial charge in [-0.2, -0.15) is 0 Å². The molecule has 1 saturated heterocycles. The van der Waals surface area contributed by atoms with Crippen LogP contribution < -0.4 is 0 Å². The number of carbonyl (C=O) groups is 1. The topological polar surface area (TPSA) is 85.0 Å². The van der Waals surface area contributed by atoms with E-state index in [1.807, 2.05) is 37.8 Å². The van der Waals surface area contributed by atoms with Crippen LogP contribution >= 0.6 is 0 Å². The monoisotopic (exact) mass is 377 g/mol. The van der Waals surface area contributed by atoms with E-state index in [1.165, 1.54) is 0 Å². The highest BCUT2D eigenvalue weighted by atomic mass is 16.5. The molecule has 1 atom stereocenters. The zero-order valence-electron chi connectivity index (χ0n) is 16.3. The highest BCUT2D eigenvalue weighted by Gasteiger charge is 2.29. The minimum absolute atomic E-state index is 0.0418. The van der Waals surface area contributed by atoms with E-state index in [4.69, 9.17) is 4.52 Å². The van der Waals surface area contributed by atoms with E-state index < -0.39 is 0 Å². The molecular weight excluding hydrogens is 354 g/mol. The van der Waals surface area contributed by atoms with Gasteiger partial charge < -0.3 is 9.42 Å². The maximum absolute atomic E-state index is 12.7. The minimum Gasteiger partial charge on any atom is -0.361 e. The predicted molar refractivity (Wildman–Crippen MR) is 104 cm³/mol. The average molecular weight is 377 g/mol. The summed E-state index contributed by atoms with van der Waals surface area (Å²) in [6.07, 6.45) is 6.78. The molecule has 0 aromatic carbocycles. The van der Waals surface area contributed by atoms with Crippen LogP contribution in [0.5, 0.6) is 0 Å². The second kappa shape index (κ2) is 7.50. The van der Waals surface area contributed by atoms with Crippen molar-refractivity contribution in [1.29, 1.82) is 0 Å². The Morgan fingerprint density at radius 2 is 2.00 bits per heavy atom. The number of aromatic nitrogens is 4. The molecule has 7 nitrogen and oxygen atoms in total. The van der Waals surface area contributed by atoms with Crippen LogP contribution in [0.4, 0.5) is 0 Å². The van der Waals surface area contributed by atoms with Crippen molar-refractivity contribution in [2.24, 2.45) is 5.92 Å². The van der Waals surface area contributed by atoms with Gasteiger partial charge in [0.05, 0.1) is 28.2 Å². The third kappa shape index (κ3) is 3.52. The third-order valence-corrected chi connectivity index (χ3v) is 5.26. The number of likely N-dealkylation sites (tertiary alicyclic amines) is 1. The second-order valence-electron chi connectivity index (χ2n) is 7.35. The molecule has 7 heteroatoms. The molecule has 0 bridgehead atoms. The lowest BCUT2D eigenvalue weighted by atomic mass is 9.98. The van der Waals surface area contributed by atoms with E-state index in [-0.39, 0.29) is 5.91 Å². The molecule has 0 N–H and O–H groups in total. The molecule has 0 saturated carbocycles. The van der Waals surface area contributed by atoms with Crippen molar-refractivity contribution in [2.75, 3.05) is 13.1 Å². The predicted octanol–water partition coefficient (Wildman–Crippen LogP) is 3.16. The summed E-state index contributed by atoms with van der Waals surface area (Å²) in [5.41, 5.74) is 5.03. The van der Waals surface area contributed by atoms with Crippen LogP contribution in [0.15, 0.2) is 35.2 Å². The fourth-order valence-electron chi connectivity index (χ4n) is 3.78. The quantitative estimate of drug-likeness (QED) is 0.694. The van der Waals surface area contributed by atoms with Crippen LogP contribution in [0.25, 0.3) is 11.3 Å². The zero-order valence-corrected chi connectivity index (χ0v) is 16.3. The Hall–Kier alpha value is -3.09. The number of carbonyl (C=O) groups excluding carboxylic acids is 1. The molecule has 3 aromatic rings. The van der Waals surface area contributed by atoms with Gasteiger partial charge in [0.25, 0.3) is 5.91 Å². The summed E-state index contributed by atoms with van der Waals surface area (Å²) in [7, 11) is 0. The summed E-state index contributed by atoms with van der Waals surface area (Å²) in [6, 6.07) is 3.71. The van der Waals surface area contributed by atoms with Gasteiger partial charge in [-0.25, -0.2) is 0 Å². The van der Waals surface area contributed by atoms with E-state index in [0.717, 1.165) is 53.5 Å². The lowest BCUT2D eigenvalue weighted by molar-refractivity contribution is 0.0786. The molecule has 3 aromatic heterocycles. The van der Waals surface area contributed by atoms with Gasteiger partial charge in [-0.1, -0.05) is 5.16 Å². The summed E-state index contributed by atoms with van der Waals surface area (Å²) in [5, 5.41) is 4.04. The molecule has 0 aliphatic carbocycles. The fourth-order valence-corrected chi connectivity index (χ4v) is 3.78. The number of nitrogens with zero attached hydrogens (tertiary/aromatic N) is 5. The molecule has 1 aliphatic rings. The first-order valence-corrected chi connectivity index (χ1v) is 9.48. The van der Waals surface area contributed by atoms with Crippen LogP contribution in [0.2, 0.25) is 0 Å². The lowest BCUT2D eigenvalue weighted by Gasteiger charge is -2.17. The molecular formula is C21H23N5O2. The Morgan fingerprint density at radius 3 is 2.71 bits per heavy atom. The maximum Gasteiger partial charge on any atom is 0.255 e. The fraction of sp³-hybridized carbons (Fsp3) is 0.381. The summed E-state index contributed by atoms with van der Waals surface area (Å²) < 4.78 is 5.30. The smallest absolute Gasteiger partial charge is 0.255 e. The summed E-state index contributed by atoms with van der Waals surface area (Å²) in [4.78, 5) is 28.0. The number of pyridine rings is 1. The number of hydrogen-bond donors (Lipinski definition) is 0. The van der Waals surface area contributed by atoms with Crippen molar-refractivity contribution in [3.8, 4) is 11.3 Å². The largest absolute Gasteiger partial charge is 0.361 e. The van der Waals surface area contributed by atoms with Crippen LogP contribution in [0.1, 0.15) is 39.6 Å². The Balaban J connectivity index is 1.50. The minimum atomic E-state index is 0.0418. The molecule has 0 spiro atoms. The van der Waals surface area contributed by atoms with E-state index in [9.17, 15) is 4.79 Å². The molecule has 28 heavy (non-hydrogen) atoms.